The topological polar surface area (TPSA) is 59.1 Å². The Morgan fingerprint density at radius 2 is 1.95 bits per heavy atom. The van der Waals surface area contributed by atoms with Crippen LogP contribution >= 0.6 is 0 Å². The van der Waals surface area contributed by atoms with Crippen LogP contribution in [0.2, 0.25) is 0 Å². The van der Waals surface area contributed by atoms with Crippen molar-refractivity contribution in [2.75, 3.05) is 33.9 Å². The average molecular weight is 292 g/mol. The number of carbonyl (C=O) groups excluding carboxylic acids is 2. The molecule has 0 bridgehead atoms. The van der Waals surface area contributed by atoms with Crippen LogP contribution in [0, 0.1) is 0 Å². The Kier molecular flexibility index (Phi) is 4.67. The van der Waals surface area contributed by atoms with Crippen molar-refractivity contribution in [1.29, 1.82) is 0 Å². The zero-order valence-corrected chi connectivity index (χ0v) is 12.5. The molecule has 0 saturated carbocycles. The van der Waals surface area contributed by atoms with Crippen LogP contribution in [0.3, 0.4) is 0 Å². The summed E-state index contributed by atoms with van der Waals surface area (Å²) in [5.74, 6) is 0.844. The monoisotopic (exact) mass is 292 g/mol. The molecule has 1 unspecified atom stereocenters. The van der Waals surface area contributed by atoms with Crippen LogP contribution in [0.25, 0.3) is 0 Å². The Labute approximate surface area is 124 Å². The number of para-hydroxylation sites is 2. The smallest absolute Gasteiger partial charge is 0.261 e. The minimum absolute atomic E-state index is 0.0492. The van der Waals surface area contributed by atoms with Crippen molar-refractivity contribution in [1.82, 2.24) is 9.80 Å². The molecule has 0 aliphatic carbocycles. The summed E-state index contributed by atoms with van der Waals surface area (Å²) in [5.41, 5.74) is 0. The molecule has 0 aromatic heterocycles. The van der Waals surface area contributed by atoms with Crippen LogP contribution in [0.4, 0.5) is 0 Å². The minimum Gasteiger partial charge on any atom is -0.493 e. The Morgan fingerprint density at radius 1 is 1.29 bits per heavy atom. The van der Waals surface area contributed by atoms with Crippen molar-refractivity contribution in [3.63, 3.8) is 0 Å². The number of likely N-dealkylation sites (N-methyl/N-ethyl adjacent to an activating group) is 1. The molecule has 0 spiro atoms. The number of carbonyl (C=O) groups is 2. The molecule has 1 aliphatic rings. The van der Waals surface area contributed by atoms with Crippen LogP contribution in [0.15, 0.2) is 24.3 Å². The minimum atomic E-state index is -0.447. The first-order chi connectivity index (χ1) is 10.0. The molecule has 6 heteroatoms. The first-order valence-electron chi connectivity index (χ1n) is 6.85. The van der Waals surface area contributed by atoms with E-state index < -0.39 is 6.04 Å². The van der Waals surface area contributed by atoms with E-state index in [2.05, 4.69) is 0 Å². The highest BCUT2D eigenvalue weighted by Gasteiger charge is 2.32. The van der Waals surface area contributed by atoms with Gasteiger partial charge < -0.3 is 19.3 Å². The number of benzene rings is 1. The SMILES string of the molecule is COc1ccccc1OCC(=O)N1CCN(C)C(=O)C1C. The van der Waals surface area contributed by atoms with E-state index in [1.807, 2.05) is 12.1 Å². The number of amides is 2. The number of piperazine rings is 1. The summed E-state index contributed by atoms with van der Waals surface area (Å²) in [6, 6.07) is 6.70. The summed E-state index contributed by atoms with van der Waals surface area (Å²) < 4.78 is 10.7. The predicted octanol–water partition coefficient (Wildman–Crippen LogP) is 0.763. The van der Waals surface area contributed by atoms with Crippen LogP contribution in [-0.4, -0.2) is 61.5 Å². The van der Waals surface area contributed by atoms with E-state index in [1.54, 1.807) is 43.0 Å². The van der Waals surface area contributed by atoms with Gasteiger partial charge in [0.25, 0.3) is 5.91 Å². The Balaban J connectivity index is 1.97. The molecule has 1 fully saturated rings. The molecule has 2 rings (SSSR count). The van der Waals surface area contributed by atoms with E-state index in [9.17, 15) is 9.59 Å². The van der Waals surface area contributed by atoms with E-state index in [-0.39, 0.29) is 18.4 Å². The van der Waals surface area contributed by atoms with Gasteiger partial charge in [-0.25, -0.2) is 0 Å². The standard InChI is InChI=1S/C15H20N2O4/c1-11-15(19)16(2)8-9-17(11)14(18)10-21-13-7-5-4-6-12(13)20-3/h4-7,11H,8-10H2,1-3H3. The number of nitrogens with zero attached hydrogens (tertiary/aromatic N) is 2. The Bertz CT molecular complexity index is 532. The summed E-state index contributed by atoms with van der Waals surface area (Å²) in [6.45, 7) is 2.70. The molecule has 1 heterocycles. The maximum absolute atomic E-state index is 12.2. The second-order valence-corrected chi connectivity index (χ2v) is 4.96. The summed E-state index contributed by atoms with van der Waals surface area (Å²) in [6.07, 6.45) is 0. The predicted molar refractivity (Wildman–Crippen MR) is 77.3 cm³/mol. The van der Waals surface area contributed by atoms with E-state index >= 15 is 0 Å². The third-order valence-corrected chi connectivity index (χ3v) is 3.62. The summed E-state index contributed by atoms with van der Waals surface area (Å²) >= 11 is 0. The van der Waals surface area contributed by atoms with Crippen molar-refractivity contribution in [2.24, 2.45) is 0 Å². The van der Waals surface area contributed by atoms with Gasteiger partial charge >= 0.3 is 0 Å². The number of rotatable bonds is 4. The highest BCUT2D eigenvalue weighted by Crippen LogP contribution is 2.25. The molecule has 21 heavy (non-hydrogen) atoms. The molecule has 0 radical (unpaired) electrons. The summed E-state index contributed by atoms with van der Waals surface area (Å²) in [4.78, 5) is 27.3. The molecular weight excluding hydrogens is 272 g/mol. The lowest BCUT2D eigenvalue weighted by atomic mass is 10.2. The van der Waals surface area contributed by atoms with Crippen molar-refractivity contribution < 1.29 is 19.1 Å². The molecule has 1 atom stereocenters. The van der Waals surface area contributed by atoms with Gasteiger partial charge in [-0.3, -0.25) is 9.59 Å². The fourth-order valence-electron chi connectivity index (χ4n) is 2.31. The largest absolute Gasteiger partial charge is 0.493 e. The molecule has 114 valence electrons. The fourth-order valence-corrected chi connectivity index (χ4v) is 2.31. The Hall–Kier alpha value is -2.24. The quantitative estimate of drug-likeness (QED) is 0.822. The molecular formula is C15H20N2O4. The number of ether oxygens (including phenoxy) is 2. The van der Waals surface area contributed by atoms with Crippen molar-refractivity contribution >= 4 is 11.8 Å². The molecule has 1 saturated heterocycles. The van der Waals surface area contributed by atoms with E-state index in [1.165, 1.54) is 0 Å². The van der Waals surface area contributed by atoms with Crippen LogP contribution in [0.1, 0.15) is 6.92 Å². The fraction of sp³-hybridized carbons (Fsp3) is 0.467. The van der Waals surface area contributed by atoms with Gasteiger partial charge in [-0.2, -0.15) is 0 Å². The van der Waals surface area contributed by atoms with Gasteiger partial charge in [0.1, 0.15) is 6.04 Å². The van der Waals surface area contributed by atoms with Gasteiger partial charge in [0.05, 0.1) is 7.11 Å². The zero-order valence-electron chi connectivity index (χ0n) is 12.5. The second kappa shape index (κ2) is 6.47. The lowest BCUT2D eigenvalue weighted by Crippen LogP contribution is -2.57. The third-order valence-electron chi connectivity index (χ3n) is 3.62. The Morgan fingerprint density at radius 3 is 2.62 bits per heavy atom. The van der Waals surface area contributed by atoms with Crippen LogP contribution in [-0.2, 0) is 9.59 Å². The summed E-state index contributed by atoms with van der Waals surface area (Å²) in [7, 11) is 3.29. The van der Waals surface area contributed by atoms with Crippen molar-refractivity contribution in [3.05, 3.63) is 24.3 Å². The molecule has 0 N–H and O–H groups in total. The summed E-state index contributed by atoms with van der Waals surface area (Å²) in [5, 5.41) is 0. The average Bonchev–Trinajstić information content (AvgIpc) is 2.50. The first-order valence-corrected chi connectivity index (χ1v) is 6.85. The number of hydrogen-bond donors (Lipinski definition) is 0. The maximum atomic E-state index is 12.2. The van der Waals surface area contributed by atoms with Gasteiger partial charge in [0, 0.05) is 20.1 Å². The maximum Gasteiger partial charge on any atom is 0.261 e. The zero-order chi connectivity index (χ0) is 15.4. The van der Waals surface area contributed by atoms with Crippen molar-refractivity contribution in [2.45, 2.75) is 13.0 Å². The lowest BCUT2D eigenvalue weighted by Gasteiger charge is -2.37. The van der Waals surface area contributed by atoms with Gasteiger partial charge in [-0.15, -0.1) is 0 Å². The first kappa shape index (κ1) is 15.2. The highest BCUT2D eigenvalue weighted by molar-refractivity contribution is 5.89. The van der Waals surface area contributed by atoms with Gasteiger partial charge in [-0.1, -0.05) is 12.1 Å². The van der Waals surface area contributed by atoms with E-state index in [4.69, 9.17) is 9.47 Å². The van der Waals surface area contributed by atoms with Crippen LogP contribution < -0.4 is 9.47 Å². The molecule has 1 aromatic carbocycles. The van der Waals surface area contributed by atoms with Crippen LogP contribution in [0.5, 0.6) is 11.5 Å². The second-order valence-electron chi connectivity index (χ2n) is 4.96. The number of methoxy groups -OCH3 is 1. The molecule has 1 aromatic rings. The van der Waals surface area contributed by atoms with Gasteiger partial charge in [0.2, 0.25) is 5.91 Å². The normalized spacial score (nSPS) is 18.6. The highest BCUT2D eigenvalue weighted by atomic mass is 16.5. The number of hydrogen-bond acceptors (Lipinski definition) is 4. The van der Waals surface area contributed by atoms with Gasteiger partial charge in [0.15, 0.2) is 18.1 Å². The molecule has 1 aliphatic heterocycles. The van der Waals surface area contributed by atoms with Gasteiger partial charge in [-0.05, 0) is 19.1 Å². The van der Waals surface area contributed by atoms with Crippen molar-refractivity contribution in [3.8, 4) is 11.5 Å². The molecule has 6 nitrogen and oxygen atoms in total. The lowest BCUT2D eigenvalue weighted by molar-refractivity contribution is -0.150. The third kappa shape index (κ3) is 3.26. The van der Waals surface area contributed by atoms with E-state index in [0.29, 0.717) is 24.6 Å². The van der Waals surface area contributed by atoms with E-state index in [0.717, 1.165) is 0 Å². The molecule has 2 amide bonds.